The summed E-state index contributed by atoms with van der Waals surface area (Å²) in [5.74, 6) is 0. The maximum absolute atomic E-state index is 2.32. The van der Waals surface area contributed by atoms with Gasteiger partial charge in [0.1, 0.15) is 0 Å². The number of hydrogen-bond donors (Lipinski definition) is 0. The Morgan fingerprint density at radius 3 is 1.53 bits per heavy atom. The fourth-order valence-corrected chi connectivity index (χ4v) is 9.45. The summed E-state index contributed by atoms with van der Waals surface area (Å²) in [6.07, 6.45) is 0. The van der Waals surface area contributed by atoms with Gasteiger partial charge in [0.15, 0.2) is 2.74 Å². The smallest absolute Gasteiger partial charge is 0.0842 e. The van der Waals surface area contributed by atoms with Gasteiger partial charge >= 0.3 is 0 Å². The van der Waals surface area contributed by atoms with E-state index >= 15 is 0 Å². The van der Waals surface area contributed by atoms with E-state index in [9.17, 15) is 0 Å². The minimum atomic E-state index is 0.159. The molecule has 2 aromatic carbocycles. The summed E-state index contributed by atoms with van der Waals surface area (Å²) < 4.78 is 0.159. The number of rotatable bonds is 0. The molecule has 4 rings (SSSR count). The molecule has 2 heterocycles. The normalized spacial score (nSPS) is 18.6. The highest BCUT2D eigenvalue weighted by atomic mass is 32.3. The lowest BCUT2D eigenvalue weighted by atomic mass is 10.2. The minimum absolute atomic E-state index is 0.159. The molecule has 0 saturated heterocycles. The van der Waals surface area contributed by atoms with Crippen LogP contribution in [0.3, 0.4) is 0 Å². The van der Waals surface area contributed by atoms with Crippen molar-refractivity contribution in [3.8, 4) is 0 Å². The van der Waals surface area contributed by atoms with E-state index in [2.05, 4.69) is 50.2 Å². The van der Waals surface area contributed by atoms with Gasteiger partial charge in [-0.2, -0.15) is 0 Å². The molecule has 1 spiro atoms. The Labute approximate surface area is 130 Å². The zero-order valence-electron chi connectivity index (χ0n) is 10.6. The highest BCUT2D eigenvalue weighted by Crippen LogP contribution is 2.73. The first-order valence-corrected chi connectivity index (χ1v) is 9.38. The van der Waals surface area contributed by atoms with Crippen LogP contribution in [0.25, 0.3) is 0 Å². The van der Waals surface area contributed by atoms with Gasteiger partial charge in [0.2, 0.25) is 0 Å². The Bertz CT molecular complexity index is 618. The summed E-state index contributed by atoms with van der Waals surface area (Å²) in [7, 11) is 0. The van der Waals surface area contributed by atoms with Crippen molar-refractivity contribution in [1.82, 2.24) is 0 Å². The van der Waals surface area contributed by atoms with Crippen molar-refractivity contribution in [2.45, 2.75) is 36.2 Å². The highest BCUT2D eigenvalue weighted by molar-refractivity contribution is 8.50. The monoisotopic (exact) mass is 320 g/mol. The van der Waals surface area contributed by atoms with Gasteiger partial charge in [-0.25, -0.2) is 0 Å². The molecule has 0 bridgehead atoms. The zero-order valence-corrected chi connectivity index (χ0v) is 13.9. The molecule has 0 atom stereocenters. The van der Waals surface area contributed by atoms with Gasteiger partial charge in [-0.15, -0.1) is 0 Å². The van der Waals surface area contributed by atoms with Crippen molar-refractivity contribution < 1.29 is 0 Å². The van der Waals surface area contributed by atoms with Crippen LogP contribution < -0.4 is 0 Å². The predicted molar refractivity (Wildman–Crippen MR) is 88.5 cm³/mol. The molecule has 0 N–H and O–H groups in total. The molecule has 0 aliphatic carbocycles. The molecular weight excluding hydrogens is 308 g/mol. The van der Waals surface area contributed by atoms with Crippen molar-refractivity contribution in [2.24, 2.45) is 0 Å². The van der Waals surface area contributed by atoms with Crippen molar-refractivity contribution in [3.05, 3.63) is 47.5 Å². The minimum Gasteiger partial charge on any atom is -0.0842 e. The van der Waals surface area contributed by atoms with Crippen LogP contribution in [0.1, 0.15) is 11.1 Å². The summed E-state index contributed by atoms with van der Waals surface area (Å²) in [4.78, 5) is 5.74. The van der Waals surface area contributed by atoms with Crippen LogP contribution in [0, 0.1) is 13.8 Å². The van der Waals surface area contributed by atoms with Gasteiger partial charge in [0.05, 0.1) is 0 Å². The number of fused-ring (bicyclic) bond motifs is 2. The molecule has 0 nitrogen and oxygen atoms in total. The van der Waals surface area contributed by atoms with Gasteiger partial charge < -0.3 is 0 Å². The molecule has 4 heteroatoms. The average molecular weight is 321 g/mol. The van der Waals surface area contributed by atoms with Crippen LogP contribution in [-0.2, 0) is 0 Å². The zero-order chi connectivity index (χ0) is 13.0. The van der Waals surface area contributed by atoms with E-state index in [0.717, 1.165) is 0 Å². The second kappa shape index (κ2) is 4.42. The standard InChI is InChI=1S/C15H12S4/c1-9-3-5-11-13(7-9)18-15(16-11)17-12-6-4-10(2)8-14(12)19-15/h3-8H,1-2H3. The van der Waals surface area contributed by atoms with Gasteiger partial charge in [-0.05, 0) is 49.2 Å². The van der Waals surface area contributed by atoms with Gasteiger partial charge in [-0.3, -0.25) is 0 Å². The second-order valence-corrected chi connectivity index (χ2v) is 11.4. The van der Waals surface area contributed by atoms with Crippen LogP contribution in [0.2, 0.25) is 0 Å². The third-order valence-corrected chi connectivity index (χ3v) is 9.66. The van der Waals surface area contributed by atoms with Gasteiger partial charge in [-0.1, -0.05) is 59.2 Å². The van der Waals surface area contributed by atoms with Gasteiger partial charge in [0, 0.05) is 19.6 Å². The molecule has 0 aromatic heterocycles. The Kier molecular flexibility index (Phi) is 2.92. The Morgan fingerprint density at radius 1 is 0.632 bits per heavy atom. The van der Waals surface area contributed by atoms with Crippen LogP contribution in [0.5, 0.6) is 0 Å². The molecule has 0 saturated carbocycles. The Balaban J connectivity index is 1.70. The lowest BCUT2D eigenvalue weighted by Crippen LogP contribution is -1.98. The molecule has 0 fully saturated rings. The fraction of sp³-hybridized carbons (Fsp3) is 0.200. The van der Waals surface area contributed by atoms with Crippen LogP contribution in [-0.4, -0.2) is 2.74 Å². The number of benzene rings is 2. The maximum Gasteiger partial charge on any atom is 0.171 e. The Hall–Kier alpha value is -0.160. The van der Waals surface area contributed by atoms with E-state index in [1.54, 1.807) is 0 Å². The third-order valence-electron chi connectivity index (χ3n) is 3.14. The lowest BCUT2D eigenvalue weighted by molar-refractivity contribution is 1.23. The highest BCUT2D eigenvalue weighted by Gasteiger charge is 2.46. The first-order valence-electron chi connectivity index (χ1n) is 6.11. The molecule has 2 aliphatic heterocycles. The van der Waals surface area contributed by atoms with Crippen LogP contribution in [0.15, 0.2) is 56.0 Å². The van der Waals surface area contributed by atoms with Crippen LogP contribution >= 0.6 is 47.0 Å². The Morgan fingerprint density at radius 2 is 1.05 bits per heavy atom. The quantitative estimate of drug-likeness (QED) is 0.582. The maximum atomic E-state index is 2.32. The molecule has 2 aliphatic rings. The summed E-state index contributed by atoms with van der Waals surface area (Å²) in [6, 6.07) is 13.6. The summed E-state index contributed by atoms with van der Waals surface area (Å²) in [5, 5.41) is 0. The number of thioether (sulfide) groups is 4. The molecule has 0 unspecified atom stereocenters. The van der Waals surface area contributed by atoms with E-state index in [0.29, 0.717) is 0 Å². The number of aryl methyl sites for hydroxylation is 2. The van der Waals surface area contributed by atoms with E-state index in [4.69, 9.17) is 0 Å². The van der Waals surface area contributed by atoms with E-state index in [1.165, 1.54) is 30.7 Å². The molecule has 2 aromatic rings. The van der Waals surface area contributed by atoms with Crippen molar-refractivity contribution in [1.29, 1.82) is 0 Å². The summed E-state index contributed by atoms with van der Waals surface area (Å²) in [6.45, 7) is 4.34. The topological polar surface area (TPSA) is 0 Å². The van der Waals surface area contributed by atoms with Crippen molar-refractivity contribution >= 4 is 47.0 Å². The number of hydrogen-bond acceptors (Lipinski definition) is 4. The molecule has 0 radical (unpaired) electrons. The summed E-state index contributed by atoms with van der Waals surface area (Å²) in [5.41, 5.74) is 2.70. The molecular formula is C15H12S4. The average Bonchev–Trinajstić information content (AvgIpc) is 2.87. The first kappa shape index (κ1) is 12.6. The van der Waals surface area contributed by atoms with Crippen molar-refractivity contribution in [3.63, 3.8) is 0 Å². The van der Waals surface area contributed by atoms with Crippen LogP contribution in [0.4, 0.5) is 0 Å². The lowest BCUT2D eigenvalue weighted by Gasteiger charge is -2.17. The van der Waals surface area contributed by atoms with E-state index < -0.39 is 0 Å². The molecule has 19 heavy (non-hydrogen) atoms. The fourth-order valence-electron chi connectivity index (χ4n) is 2.22. The molecule has 96 valence electrons. The summed E-state index contributed by atoms with van der Waals surface area (Å²) >= 11 is 8.04. The SMILES string of the molecule is Cc1ccc2c(c1)SC1(S2)Sc2ccc(C)cc2S1. The van der Waals surface area contributed by atoms with E-state index in [-0.39, 0.29) is 2.74 Å². The largest absolute Gasteiger partial charge is 0.171 e. The van der Waals surface area contributed by atoms with Crippen molar-refractivity contribution in [2.75, 3.05) is 0 Å². The third kappa shape index (κ3) is 2.13. The molecule has 0 amide bonds. The predicted octanol–water partition coefficient (Wildman–Crippen LogP) is 6.01. The second-order valence-electron chi connectivity index (χ2n) is 4.81. The van der Waals surface area contributed by atoms with Gasteiger partial charge in [0.25, 0.3) is 0 Å². The first-order chi connectivity index (χ1) is 9.13. The van der Waals surface area contributed by atoms with E-state index in [1.807, 2.05) is 47.0 Å².